The smallest absolute Gasteiger partial charge is 0.328 e. The molecule has 0 atom stereocenters. The van der Waals surface area contributed by atoms with E-state index in [-0.39, 0.29) is 18.5 Å². The number of carbonyl (C=O) groups excluding carboxylic acids is 1. The van der Waals surface area contributed by atoms with Crippen molar-refractivity contribution in [3.8, 4) is 0 Å². The molecule has 0 radical (unpaired) electrons. The molecule has 5 heteroatoms. The number of rotatable bonds is 6. The third kappa shape index (κ3) is 7.99. The summed E-state index contributed by atoms with van der Waals surface area (Å²) in [7, 11) is 1.78. The quantitative estimate of drug-likeness (QED) is 0.648. The lowest BCUT2D eigenvalue weighted by atomic mass is 10.2. The molecule has 0 aromatic rings. The molecule has 0 aliphatic rings. The Kier molecular flexibility index (Phi) is 6.41. The number of carbonyl (C=O) groups is 2. The predicted octanol–water partition coefficient (Wildman–Crippen LogP) is 0.474. The molecule has 5 nitrogen and oxygen atoms in total. The van der Waals surface area contributed by atoms with Crippen molar-refractivity contribution in [2.24, 2.45) is 0 Å². The van der Waals surface area contributed by atoms with Crippen LogP contribution < -0.4 is 5.32 Å². The summed E-state index contributed by atoms with van der Waals surface area (Å²) >= 11 is 0. The number of hydrogen-bond donors (Lipinski definition) is 2. The molecule has 92 valence electrons. The summed E-state index contributed by atoms with van der Waals surface area (Å²) in [4.78, 5) is 23.5. The standard InChI is InChI=1S/C11H20N2O3/c1-8(2)12-10(14)7-13(4)6-9(3)5-11(15)16/h5,8H,6-7H2,1-4H3,(H,12,14)(H,15,16). The van der Waals surface area contributed by atoms with Gasteiger partial charge in [-0.2, -0.15) is 0 Å². The van der Waals surface area contributed by atoms with Crippen molar-refractivity contribution in [1.29, 1.82) is 0 Å². The van der Waals surface area contributed by atoms with Crippen LogP contribution in [0.1, 0.15) is 20.8 Å². The Hall–Kier alpha value is -1.36. The van der Waals surface area contributed by atoms with Gasteiger partial charge in [0.05, 0.1) is 6.54 Å². The van der Waals surface area contributed by atoms with E-state index >= 15 is 0 Å². The van der Waals surface area contributed by atoms with E-state index in [1.54, 1.807) is 18.9 Å². The number of aliphatic carboxylic acids is 1. The van der Waals surface area contributed by atoms with Crippen LogP contribution in [0.2, 0.25) is 0 Å². The van der Waals surface area contributed by atoms with Crippen LogP contribution in [0, 0.1) is 0 Å². The maximum absolute atomic E-state index is 11.4. The van der Waals surface area contributed by atoms with E-state index in [0.29, 0.717) is 12.1 Å². The minimum Gasteiger partial charge on any atom is -0.478 e. The summed E-state index contributed by atoms with van der Waals surface area (Å²) in [5.74, 6) is -1.02. The van der Waals surface area contributed by atoms with Crippen molar-refractivity contribution in [2.45, 2.75) is 26.8 Å². The molecular formula is C11H20N2O3. The zero-order valence-electron chi connectivity index (χ0n) is 10.3. The topological polar surface area (TPSA) is 69.6 Å². The Morgan fingerprint density at radius 1 is 1.38 bits per heavy atom. The molecule has 0 aliphatic heterocycles. The molecule has 0 aliphatic carbocycles. The summed E-state index contributed by atoms with van der Waals surface area (Å²) < 4.78 is 0. The molecule has 0 fully saturated rings. The molecule has 0 aromatic heterocycles. The zero-order valence-corrected chi connectivity index (χ0v) is 10.3. The second kappa shape index (κ2) is 7.00. The average molecular weight is 228 g/mol. The van der Waals surface area contributed by atoms with Crippen LogP contribution >= 0.6 is 0 Å². The van der Waals surface area contributed by atoms with Gasteiger partial charge < -0.3 is 10.4 Å². The van der Waals surface area contributed by atoms with Gasteiger partial charge in [0.1, 0.15) is 0 Å². The first-order chi connectivity index (χ1) is 7.31. The lowest BCUT2D eigenvalue weighted by Crippen LogP contribution is -2.39. The maximum atomic E-state index is 11.4. The lowest BCUT2D eigenvalue weighted by molar-refractivity contribution is -0.131. The van der Waals surface area contributed by atoms with E-state index in [4.69, 9.17) is 5.11 Å². The van der Waals surface area contributed by atoms with Gasteiger partial charge in [0.15, 0.2) is 0 Å². The van der Waals surface area contributed by atoms with Crippen LogP contribution in [-0.4, -0.2) is 48.1 Å². The molecule has 0 bridgehead atoms. The van der Waals surface area contributed by atoms with Crippen molar-refractivity contribution in [1.82, 2.24) is 10.2 Å². The first-order valence-electron chi connectivity index (χ1n) is 5.19. The second-order valence-corrected chi connectivity index (χ2v) is 4.22. The number of carboxylic acids is 1. The van der Waals surface area contributed by atoms with Gasteiger partial charge in [0.25, 0.3) is 0 Å². The van der Waals surface area contributed by atoms with E-state index in [1.807, 2.05) is 13.8 Å². The number of nitrogens with one attached hydrogen (secondary N) is 1. The van der Waals surface area contributed by atoms with E-state index in [2.05, 4.69) is 5.32 Å². The van der Waals surface area contributed by atoms with Crippen LogP contribution in [0.25, 0.3) is 0 Å². The molecular weight excluding hydrogens is 208 g/mol. The summed E-state index contributed by atoms with van der Waals surface area (Å²) in [5.41, 5.74) is 0.715. The highest BCUT2D eigenvalue weighted by atomic mass is 16.4. The number of likely N-dealkylation sites (N-methyl/N-ethyl adjacent to an activating group) is 1. The Bertz CT molecular complexity index is 285. The van der Waals surface area contributed by atoms with Crippen LogP contribution in [-0.2, 0) is 9.59 Å². The summed E-state index contributed by atoms with van der Waals surface area (Å²) in [6.07, 6.45) is 1.15. The highest BCUT2D eigenvalue weighted by Gasteiger charge is 2.08. The van der Waals surface area contributed by atoms with Gasteiger partial charge in [0, 0.05) is 18.7 Å². The Morgan fingerprint density at radius 3 is 2.38 bits per heavy atom. The average Bonchev–Trinajstić information content (AvgIpc) is 1.97. The highest BCUT2D eigenvalue weighted by Crippen LogP contribution is 1.96. The second-order valence-electron chi connectivity index (χ2n) is 4.22. The van der Waals surface area contributed by atoms with E-state index in [0.717, 1.165) is 6.08 Å². The van der Waals surface area contributed by atoms with Crippen molar-refractivity contribution >= 4 is 11.9 Å². The molecule has 0 heterocycles. The largest absolute Gasteiger partial charge is 0.478 e. The monoisotopic (exact) mass is 228 g/mol. The minimum absolute atomic E-state index is 0.0550. The van der Waals surface area contributed by atoms with E-state index in [1.165, 1.54) is 0 Å². The molecule has 0 saturated heterocycles. The van der Waals surface area contributed by atoms with Gasteiger partial charge in [-0.3, -0.25) is 9.69 Å². The SMILES string of the molecule is CC(=CC(=O)O)CN(C)CC(=O)NC(C)C. The number of amides is 1. The summed E-state index contributed by atoms with van der Waals surface area (Å²) in [6.45, 7) is 6.26. The molecule has 0 rings (SSSR count). The molecule has 0 aromatic carbocycles. The van der Waals surface area contributed by atoms with Crippen molar-refractivity contribution in [3.05, 3.63) is 11.6 Å². The molecule has 2 N–H and O–H groups in total. The molecule has 16 heavy (non-hydrogen) atoms. The fraction of sp³-hybridized carbons (Fsp3) is 0.636. The molecule has 1 amide bonds. The summed E-state index contributed by atoms with van der Waals surface area (Å²) in [5, 5.41) is 11.3. The van der Waals surface area contributed by atoms with Gasteiger partial charge in [-0.25, -0.2) is 4.79 Å². The van der Waals surface area contributed by atoms with E-state index in [9.17, 15) is 9.59 Å². The van der Waals surface area contributed by atoms with Gasteiger partial charge in [0.2, 0.25) is 5.91 Å². The Balaban J connectivity index is 4.03. The van der Waals surface area contributed by atoms with Gasteiger partial charge in [-0.05, 0) is 27.8 Å². The van der Waals surface area contributed by atoms with Gasteiger partial charge in [-0.15, -0.1) is 0 Å². The summed E-state index contributed by atoms with van der Waals surface area (Å²) in [6, 6.07) is 0.122. The number of hydrogen-bond acceptors (Lipinski definition) is 3. The number of carboxylic acid groups (broad SMARTS) is 1. The maximum Gasteiger partial charge on any atom is 0.328 e. The normalized spacial score (nSPS) is 12.0. The molecule has 0 spiro atoms. The van der Waals surface area contributed by atoms with Crippen molar-refractivity contribution in [2.75, 3.05) is 20.1 Å². The minimum atomic E-state index is -0.961. The third-order valence-electron chi connectivity index (χ3n) is 1.75. The third-order valence-corrected chi connectivity index (χ3v) is 1.75. The zero-order chi connectivity index (χ0) is 12.7. The highest BCUT2D eigenvalue weighted by molar-refractivity contribution is 5.80. The fourth-order valence-corrected chi connectivity index (χ4v) is 1.35. The molecule has 0 saturated carbocycles. The lowest BCUT2D eigenvalue weighted by Gasteiger charge is -2.17. The van der Waals surface area contributed by atoms with Gasteiger partial charge in [-0.1, -0.05) is 5.57 Å². The van der Waals surface area contributed by atoms with Crippen LogP contribution in [0.3, 0.4) is 0 Å². The van der Waals surface area contributed by atoms with Gasteiger partial charge >= 0.3 is 5.97 Å². The first kappa shape index (κ1) is 14.6. The number of nitrogens with zero attached hydrogens (tertiary/aromatic N) is 1. The fourth-order valence-electron chi connectivity index (χ4n) is 1.35. The van der Waals surface area contributed by atoms with Crippen LogP contribution in [0.4, 0.5) is 0 Å². The van der Waals surface area contributed by atoms with Crippen molar-refractivity contribution < 1.29 is 14.7 Å². The predicted molar refractivity (Wildman–Crippen MR) is 62.2 cm³/mol. The van der Waals surface area contributed by atoms with Crippen LogP contribution in [0.15, 0.2) is 11.6 Å². The Labute approximate surface area is 96.1 Å². The van der Waals surface area contributed by atoms with Crippen LogP contribution in [0.5, 0.6) is 0 Å². The first-order valence-corrected chi connectivity index (χ1v) is 5.19. The van der Waals surface area contributed by atoms with E-state index < -0.39 is 5.97 Å². The molecule has 0 unspecified atom stereocenters. The Morgan fingerprint density at radius 2 is 1.94 bits per heavy atom. The van der Waals surface area contributed by atoms with Crippen molar-refractivity contribution in [3.63, 3.8) is 0 Å².